The number of rotatable bonds is 10. The molecule has 0 saturated carbocycles. The Morgan fingerprint density at radius 1 is 0.679 bits per heavy atom. The molecular weight excluding hydrogens is 360 g/mol. The van der Waals surface area contributed by atoms with E-state index in [9.17, 15) is 29.4 Å². The first-order chi connectivity index (χ1) is 12.8. The lowest BCUT2D eigenvalue weighted by atomic mass is 9.75. The van der Waals surface area contributed by atoms with Gasteiger partial charge in [-0.15, -0.1) is 0 Å². The molecule has 0 amide bonds. The molecule has 2 N–H and O–H groups in total. The van der Waals surface area contributed by atoms with Crippen molar-refractivity contribution < 1.29 is 29.4 Å². The van der Waals surface area contributed by atoms with Gasteiger partial charge in [0.15, 0.2) is 11.6 Å². The number of hydrogen-bond acceptors (Lipinski definition) is 4. The highest BCUT2D eigenvalue weighted by Crippen LogP contribution is 2.34. The van der Waals surface area contributed by atoms with Gasteiger partial charge in [-0.25, -0.2) is 9.59 Å². The van der Waals surface area contributed by atoms with Crippen molar-refractivity contribution in [2.24, 2.45) is 10.8 Å². The minimum absolute atomic E-state index is 0.119. The molecule has 0 heterocycles. The lowest BCUT2D eigenvalue weighted by molar-refractivity contribution is 0.0679. The number of ketones is 2. The van der Waals surface area contributed by atoms with E-state index in [0.717, 1.165) is 18.9 Å². The lowest BCUT2D eigenvalue weighted by Gasteiger charge is -2.26. The van der Waals surface area contributed by atoms with E-state index in [2.05, 4.69) is 0 Å². The van der Waals surface area contributed by atoms with Crippen molar-refractivity contribution >= 4 is 23.5 Å². The van der Waals surface area contributed by atoms with Crippen LogP contribution in [0.4, 0.5) is 0 Å². The van der Waals surface area contributed by atoms with E-state index in [-0.39, 0.29) is 11.1 Å². The van der Waals surface area contributed by atoms with Gasteiger partial charge in [0.05, 0.1) is 11.1 Å². The number of Topliss-reactive ketones (excluding diaryl/α,β-unsaturated/α-hetero) is 2. The Hall–Kier alpha value is -2.50. The second kappa shape index (κ2) is 8.67. The Morgan fingerprint density at radius 3 is 1.21 bits per heavy atom. The summed E-state index contributed by atoms with van der Waals surface area (Å²) in [6.07, 6.45) is 2.53. The maximum absolute atomic E-state index is 13.1. The van der Waals surface area contributed by atoms with Gasteiger partial charge in [-0.2, -0.15) is 0 Å². The summed E-state index contributed by atoms with van der Waals surface area (Å²) >= 11 is 0. The van der Waals surface area contributed by atoms with Crippen molar-refractivity contribution in [3.05, 3.63) is 34.4 Å². The third kappa shape index (κ3) is 4.86. The van der Waals surface area contributed by atoms with E-state index in [1.54, 1.807) is 27.7 Å². The largest absolute Gasteiger partial charge is 0.478 e. The quantitative estimate of drug-likeness (QED) is 0.538. The summed E-state index contributed by atoms with van der Waals surface area (Å²) in [5.74, 6) is -3.62. The molecule has 6 heteroatoms. The molecule has 0 aliphatic carbocycles. The number of carbonyl (C=O) groups excluding carboxylic acids is 2. The Balaban J connectivity index is 3.78. The number of hydrogen-bond donors (Lipinski definition) is 2. The molecule has 0 aliphatic heterocycles. The van der Waals surface area contributed by atoms with Gasteiger partial charge >= 0.3 is 11.9 Å². The van der Waals surface area contributed by atoms with E-state index in [0.29, 0.717) is 12.8 Å². The molecule has 0 radical (unpaired) electrons. The fourth-order valence-electron chi connectivity index (χ4n) is 3.54. The van der Waals surface area contributed by atoms with Crippen LogP contribution in [0.25, 0.3) is 0 Å². The van der Waals surface area contributed by atoms with Gasteiger partial charge in [0.25, 0.3) is 0 Å². The van der Waals surface area contributed by atoms with Gasteiger partial charge in [0.2, 0.25) is 0 Å². The van der Waals surface area contributed by atoms with Crippen LogP contribution in [-0.4, -0.2) is 33.7 Å². The van der Waals surface area contributed by atoms with E-state index < -0.39 is 45.5 Å². The number of carboxylic acid groups (broad SMARTS) is 2. The number of benzene rings is 1. The van der Waals surface area contributed by atoms with Gasteiger partial charge in [-0.1, -0.05) is 54.4 Å². The molecule has 0 atom stereocenters. The minimum Gasteiger partial charge on any atom is -0.478 e. The third-order valence-corrected chi connectivity index (χ3v) is 5.09. The third-order valence-electron chi connectivity index (χ3n) is 5.09. The van der Waals surface area contributed by atoms with Gasteiger partial charge in [-0.05, 0) is 25.0 Å². The predicted molar refractivity (Wildman–Crippen MR) is 106 cm³/mol. The number of aromatic carboxylic acids is 2. The number of carboxylic acids is 2. The van der Waals surface area contributed by atoms with Gasteiger partial charge < -0.3 is 10.2 Å². The van der Waals surface area contributed by atoms with Gasteiger partial charge in [0.1, 0.15) is 0 Å². The van der Waals surface area contributed by atoms with E-state index in [1.807, 2.05) is 13.8 Å². The van der Waals surface area contributed by atoms with Crippen molar-refractivity contribution in [1.82, 2.24) is 0 Å². The van der Waals surface area contributed by atoms with E-state index >= 15 is 0 Å². The van der Waals surface area contributed by atoms with Crippen molar-refractivity contribution in [1.29, 1.82) is 0 Å². The Kier molecular flexibility index (Phi) is 7.29. The smallest absolute Gasteiger partial charge is 0.336 e. The zero-order chi connectivity index (χ0) is 21.9. The molecule has 154 valence electrons. The van der Waals surface area contributed by atoms with Crippen molar-refractivity contribution in [3.63, 3.8) is 0 Å². The fraction of sp³-hybridized carbons (Fsp3) is 0.545. The van der Waals surface area contributed by atoms with E-state index in [4.69, 9.17) is 0 Å². The Bertz CT molecular complexity index is 738. The maximum atomic E-state index is 13.1. The topological polar surface area (TPSA) is 109 Å². The fourth-order valence-corrected chi connectivity index (χ4v) is 3.54. The van der Waals surface area contributed by atoms with Crippen LogP contribution in [0.3, 0.4) is 0 Å². The molecule has 0 spiro atoms. The normalized spacial score (nSPS) is 11.9. The summed E-state index contributed by atoms with van der Waals surface area (Å²) in [7, 11) is 0. The van der Waals surface area contributed by atoms with Crippen molar-refractivity contribution in [2.45, 2.75) is 67.2 Å². The summed E-state index contributed by atoms with van der Waals surface area (Å²) in [6, 6.07) is 2.11. The molecule has 0 aliphatic rings. The first-order valence-electron chi connectivity index (χ1n) is 9.54. The van der Waals surface area contributed by atoms with Crippen molar-refractivity contribution in [3.8, 4) is 0 Å². The Morgan fingerprint density at radius 2 is 0.964 bits per heavy atom. The molecule has 1 rings (SSSR count). The molecule has 0 unspecified atom stereocenters. The molecule has 28 heavy (non-hydrogen) atoms. The highest BCUT2D eigenvalue weighted by Gasteiger charge is 2.36. The zero-order valence-electron chi connectivity index (χ0n) is 17.5. The predicted octanol–water partition coefficient (Wildman–Crippen LogP) is 5.10. The molecule has 0 aromatic heterocycles. The SMILES string of the molecule is CCCC(C)(C)C(=O)c1cc(C(=O)C(C)(C)CCC)c(C(=O)O)cc1C(=O)O. The summed E-state index contributed by atoms with van der Waals surface area (Å²) in [4.78, 5) is 49.7. The van der Waals surface area contributed by atoms with Crippen LogP contribution in [0.5, 0.6) is 0 Å². The molecule has 0 bridgehead atoms. The average Bonchev–Trinajstić information content (AvgIpc) is 2.58. The summed E-state index contributed by atoms with van der Waals surface area (Å²) in [5, 5.41) is 19.1. The molecule has 1 aromatic rings. The van der Waals surface area contributed by atoms with Gasteiger partial charge in [0, 0.05) is 22.0 Å². The molecule has 0 fully saturated rings. The Labute approximate surface area is 166 Å². The van der Waals surface area contributed by atoms with Crippen LogP contribution in [-0.2, 0) is 0 Å². The second-order valence-electron chi connectivity index (χ2n) is 8.48. The molecule has 6 nitrogen and oxygen atoms in total. The zero-order valence-corrected chi connectivity index (χ0v) is 17.5. The summed E-state index contributed by atoms with van der Waals surface area (Å²) in [6.45, 7) is 10.7. The average molecular weight is 390 g/mol. The monoisotopic (exact) mass is 390 g/mol. The van der Waals surface area contributed by atoms with Crippen LogP contribution in [0.1, 0.15) is 109 Å². The maximum Gasteiger partial charge on any atom is 0.336 e. The highest BCUT2D eigenvalue weighted by atomic mass is 16.4. The van der Waals surface area contributed by atoms with Crippen LogP contribution < -0.4 is 0 Å². The summed E-state index contributed by atoms with van der Waals surface area (Å²) in [5.41, 5.74) is -2.68. The first-order valence-corrected chi connectivity index (χ1v) is 9.54. The van der Waals surface area contributed by atoms with Crippen LogP contribution in [0.15, 0.2) is 12.1 Å². The minimum atomic E-state index is -1.40. The van der Waals surface area contributed by atoms with Crippen molar-refractivity contribution in [2.75, 3.05) is 0 Å². The molecule has 0 saturated heterocycles. The first kappa shape index (κ1) is 23.5. The summed E-state index contributed by atoms with van der Waals surface area (Å²) < 4.78 is 0. The van der Waals surface area contributed by atoms with E-state index in [1.165, 1.54) is 6.07 Å². The second-order valence-corrected chi connectivity index (χ2v) is 8.48. The molecular formula is C22H30O6. The molecule has 1 aromatic carbocycles. The lowest BCUT2D eigenvalue weighted by Crippen LogP contribution is -2.29. The van der Waals surface area contributed by atoms with Gasteiger partial charge in [-0.3, -0.25) is 9.59 Å². The van der Waals surface area contributed by atoms with Crippen LogP contribution >= 0.6 is 0 Å². The highest BCUT2D eigenvalue weighted by molar-refractivity contribution is 6.14. The van der Waals surface area contributed by atoms with Crippen LogP contribution in [0, 0.1) is 10.8 Å². The standard InChI is InChI=1S/C22H30O6/c1-7-9-21(3,4)17(23)13-11-14(18(24)22(5,6)10-8-2)16(20(27)28)12-15(13)19(25)26/h11-12H,7-10H2,1-6H3,(H,25,26)(H,27,28). The number of carbonyl (C=O) groups is 4. The van der Waals surface area contributed by atoms with Crippen LogP contribution in [0.2, 0.25) is 0 Å².